The molecule has 1 nitrogen and oxygen atoms in total. The maximum absolute atomic E-state index is 2.49. The highest BCUT2D eigenvalue weighted by molar-refractivity contribution is 7.26. The molecule has 0 aliphatic carbocycles. The van der Waals surface area contributed by atoms with Crippen LogP contribution in [0.25, 0.3) is 91.1 Å². The fourth-order valence-electron chi connectivity index (χ4n) is 7.46. The first kappa shape index (κ1) is 23.4. The summed E-state index contributed by atoms with van der Waals surface area (Å²) in [6, 6.07) is 49.8. The zero-order chi connectivity index (χ0) is 28.2. The Balaban J connectivity index is 1.26. The summed E-state index contributed by atoms with van der Waals surface area (Å²) in [6.07, 6.45) is 0. The van der Waals surface area contributed by atoms with Crippen molar-refractivity contribution in [3.05, 3.63) is 139 Å². The lowest BCUT2D eigenvalue weighted by molar-refractivity contribution is 1.19. The third kappa shape index (κ3) is 3.16. The zero-order valence-electron chi connectivity index (χ0n) is 23.6. The van der Waals surface area contributed by atoms with E-state index in [4.69, 9.17) is 0 Å². The lowest BCUT2D eigenvalue weighted by Crippen LogP contribution is -1.95. The topological polar surface area (TPSA) is 4.93 Å². The Labute approximate surface area is 252 Å². The van der Waals surface area contributed by atoms with Crippen LogP contribution in [0.2, 0.25) is 0 Å². The van der Waals surface area contributed by atoms with Crippen LogP contribution in [-0.2, 0) is 0 Å². The first-order valence-corrected chi connectivity index (χ1v) is 15.7. The van der Waals surface area contributed by atoms with Crippen LogP contribution in [0, 0.1) is 6.92 Å². The van der Waals surface area contributed by atoms with Gasteiger partial charge in [-0.25, -0.2) is 0 Å². The van der Waals surface area contributed by atoms with E-state index in [0.29, 0.717) is 0 Å². The van der Waals surface area contributed by atoms with E-state index in [0.717, 1.165) is 0 Å². The van der Waals surface area contributed by atoms with Gasteiger partial charge >= 0.3 is 0 Å². The van der Waals surface area contributed by atoms with Crippen LogP contribution in [0.4, 0.5) is 0 Å². The van der Waals surface area contributed by atoms with Crippen molar-refractivity contribution in [1.29, 1.82) is 0 Å². The van der Waals surface area contributed by atoms with Gasteiger partial charge in [0.15, 0.2) is 0 Å². The quantitative estimate of drug-likeness (QED) is 0.184. The molecule has 0 saturated heterocycles. The minimum atomic E-state index is 1.19. The van der Waals surface area contributed by atoms with Gasteiger partial charge in [0.25, 0.3) is 0 Å². The smallest absolute Gasteiger partial charge is 0.0620 e. The van der Waals surface area contributed by atoms with Crippen LogP contribution < -0.4 is 0 Å². The molecule has 8 aromatic carbocycles. The Morgan fingerprint density at radius 2 is 1.28 bits per heavy atom. The van der Waals surface area contributed by atoms with Crippen molar-refractivity contribution in [3.63, 3.8) is 0 Å². The molecule has 43 heavy (non-hydrogen) atoms. The molecule has 2 aromatic heterocycles. The number of aryl methyl sites for hydroxylation is 1. The second-order valence-corrected chi connectivity index (χ2v) is 12.9. The Hall–Kier alpha value is -5.18. The van der Waals surface area contributed by atoms with Crippen molar-refractivity contribution >= 4 is 85.6 Å². The molecule has 0 amide bonds. The molecule has 0 bridgehead atoms. The molecule has 0 radical (unpaired) electrons. The van der Waals surface area contributed by atoms with E-state index in [1.807, 2.05) is 11.3 Å². The molecule has 0 fully saturated rings. The van der Waals surface area contributed by atoms with Gasteiger partial charge in [0, 0.05) is 42.0 Å². The van der Waals surface area contributed by atoms with Crippen molar-refractivity contribution in [2.45, 2.75) is 6.92 Å². The van der Waals surface area contributed by atoms with E-state index in [2.05, 4.69) is 145 Å². The van der Waals surface area contributed by atoms with Crippen LogP contribution in [0.15, 0.2) is 133 Å². The molecule has 0 aliphatic heterocycles. The van der Waals surface area contributed by atoms with E-state index < -0.39 is 0 Å². The SMILES string of the molecule is Cc1ccc2c(c1)c1cc3ccc4cccc5ccc(c3c45)c1n2-c1ccc(-c2cccc3c2sc2ccccc23)cc1. The number of thiophene rings is 1. The summed E-state index contributed by atoms with van der Waals surface area (Å²) in [6.45, 7) is 2.19. The number of aromatic nitrogens is 1. The Morgan fingerprint density at radius 3 is 2.16 bits per heavy atom. The summed E-state index contributed by atoms with van der Waals surface area (Å²) in [7, 11) is 0. The lowest BCUT2D eigenvalue weighted by Gasteiger charge is -2.14. The minimum Gasteiger partial charge on any atom is -0.309 e. The first-order chi connectivity index (χ1) is 21.2. The Morgan fingerprint density at radius 1 is 0.512 bits per heavy atom. The first-order valence-electron chi connectivity index (χ1n) is 14.9. The van der Waals surface area contributed by atoms with Gasteiger partial charge in [0.1, 0.15) is 0 Å². The summed E-state index contributed by atoms with van der Waals surface area (Å²) in [5.41, 5.74) is 7.54. The van der Waals surface area contributed by atoms with Gasteiger partial charge in [-0.1, -0.05) is 103 Å². The summed E-state index contributed by atoms with van der Waals surface area (Å²) in [5, 5.41) is 13.2. The Bertz CT molecular complexity index is 2710. The Kier molecular flexibility index (Phi) is 4.59. The van der Waals surface area contributed by atoms with Crippen LogP contribution in [0.5, 0.6) is 0 Å². The highest BCUT2D eigenvalue weighted by Crippen LogP contribution is 2.44. The predicted molar refractivity (Wildman–Crippen MR) is 188 cm³/mol. The van der Waals surface area contributed by atoms with E-state index in [-0.39, 0.29) is 0 Å². The average molecular weight is 564 g/mol. The van der Waals surface area contributed by atoms with Crippen molar-refractivity contribution < 1.29 is 0 Å². The summed E-state index contributed by atoms with van der Waals surface area (Å²) in [5.74, 6) is 0. The van der Waals surface area contributed by atoms with Crippen LogP contribution in [-0.4, -0.2) is 4.57 Å². The van der Waals surface area contributed by atoms with Gasteiger partial charge in [0.05, 0.1) is 11.0 Å². The fraction of sp³-hybridized carbons (Fsp3) is 0.0244. The average Bonchev–Trinajstić information content (AvgIpc) is 3.59. The van der Waals surface area contributed by atoms with Gasteiger partial charge in [-0.15, -0.1) is 11.3 Å². The molecule has 200 valence electrons. The summed E-state index contributed by atoms with van der Waals surface area (Å²) in [4.78, 5) is 0. The van der Waals surface area contributed by atoms with E-state index in [9.17, 15) is 0 Å². The van der Waals surface area contributed by atoms with Crippen molar-refractivity contribution in [3.8, 4) is 16.8 Å². The molecule has 0 saturated carbocycles. The van der Waals surface area contributed by atoms with E-state index >= 15 is 0 Å². The molecule has 0 unspecified atom stereocenters. The van der Waals surface area contributed by atoms with Gasteiger partial charge in [-0.2, -0.15) is 0 Å². The second kappa shape index (κ2) is 8.44. The molecule has 0 atom stereocenters. The standard InChI is InChI=1S/C41H25NS/c1-24-12-21-36-34(22-24)35-23-28-14-13-26-6-4-7-27-17-20-33(39(28)38(26)27)40(35)42(36)29-18-15-25(16-19-29)30-9-5-10-32-31-8-2-3-11-37(31)43-41(30)32/h2-23H,1H3. The number of benzene rings is 8. The largest absolute Gasteiger partial charge is 0.309 e. The zero-order valence-corrected chi connectivity index (χ0v) is 24.4. The number of fused-ring (bicyclic) bond motifs is 7. The number of rotatable bonds is 2. The van der Waals surface area contributed by atoms with E-state index in [1.165, 1.54) is 96.7 Å². The second-order valence-electron chi connectivity index (χ2n) is 11.8. The molecule has 2 heterocycles. The van der Waals surface area contributed by atoms with Crippen LogP contribution >= 0.6 is 11.3 Å². The number of hydrogen-bond acceptors (Lipinski definition) is 1. The molecule has 10 aromatic rings. The van der Waals surface area contributed by atoms with Gasteiger partial charge in [-0.3, -0.25) is 0 Å². The van der Waals surface area contributed by atoms with Crippen molar-refractivity contribution in [2.75, 3.05) is 0 Å². The molecule has 0 aliphatic rings. The highest BCUT2D eigenvalue weighted by Gasteiger charge is 2.19. The van der Waals surface area contributed by atoms with Crippen molar-refractivity contribution in [2.24, 2.45) is 0 Å². The maximum Gasteiger partial charge on any atom is 0.0620 e. The minimum absolute atomic E-state index is 1.19. The fourth-order valence-corrected chi connectivity index (χ4v) is 8.69. The monoisotopic (exact) mass is 563 g/mol. The molecule has 0 N–H and O–H groups in total. The predicted octanol–water partition coefficient (Wildman–Crippen LogP) is 12.0. The van der Waals surface area contributed by atoms with Crippen LogP contribution in [0.3, 0.4) is 0 Å². The molecule has 0 spiro atoms. The molecular weight excluding hydrogens is 539 g/mol. The van der Waals surface area contributed by atoms with E-state index in [1.54, 1.807) is 0 Å². The number of nitrogens with zero attached hydrogens (tertiary/aromatic N) is 1. The molecule has 10 rings (SSSR count). The van der Waals surface area contributed by atoms with Gasteiger partial charge in [0.2, 0.25) is 0 Å². The summed E-state index contributed by atoms with van der Waals surface area (Å²) < 4.78 is 5.18. The normalized spacial score (nSPS) is 12.3. The lowest BCUT2D eigenvalue weighted by atomic mass is 9.92. The summed E-state index contributed by atoms with van der Waals surface area (Å²) >= 11 is 1.89. The molecular formula is C41H25NS. The van der Waals surface area contributed by atoms with Crippen LogP contribution in [0.1, 0.15) is 5.56 Å². The van der Waals surface area contributed by atoms with Gasteiger partial charge in [-0.05, 0) is 81.4 Å². The van der Waals surface area contributed by atoms with Gasteiger partial charge < -0.3 is 4.57 Å². The third-order valence-corrected chi connectivity index (χ3v) is 10.6. The highest BCUT2D eigenvalue weighted by atomic mass is 32.1. The molecule has 2 heteroatoms. The van der Waals surface area contributed by atoms with Crippen molar-refractivity contribution in [1.82, 2.24) is 4.57 Å². The maximum atomic E-state index is 2.49. The third-order valence-electron chi connectivity index (χ3n) is 9.37. The number of hydrogen-bond donors (Lipinski definition) is 0.